The van der Waals surface area contributed by atoms with Gasteiger partial charge in [0.2, 0.25) is 5.16 Å². The lowest BCUT2D eigenvalue weighted by Crippen LogP contribution is -2.07. The minimum absolute atomic E-state index is 0.0678. The van der Waals surface area contributed by atoms with Crippen LogP contribution in [0.25, 0.3) is 22.5 Å². The number of carbonyl (C=O) groups is 1. The summed E-state index contributed by atoms with van der Waals surface area (Å²) in [6, 6.07) is 25.8. The molecular formula is C25H21N3OS. The molecule has 0 aliphatic carbocycles. The monoisotopic (exact) mass is 411 g/mol. The van der Waals surface area contributed by atoms with Gasteiger partial charge in [-0.2, -0.15) is 0 Å². The van der Waals surface area contributed by atoms with Crippen LogP contribution in [0.3, 0.4) is 0 Å². The number of rotatable bonds is 6. The van der Waals surface area contributed by atoms with E-state index in [0.29, 0.717) is 5.16 Å². The first-order valence-corrected chi connectivity index (χ1v) is 10.7. The van der Waals surface area contributed by atoms with Gasteiger partial charge in [0, 0.05) is 16.7 Å². The van der Waals surface area contributed by atoms with E-state index >= 15 is 0 Å². The number of aryl methyl sites for hydroxylation is 2. The van der Waals surface area contributed by atoms with Crippen molar-refractivity contribution < 1.29 is 4.79 Å². The second-order valence-electron chi connectivity index (χ2n) is 7.05. The summed E-state index contributed by atoms with van der Waals surface area (Å²) in [4.78, 5) is 17.5. The Kier molecular flexibility index (Phi) is 6.00. The van der Waals surface area contributed by atoms with Gasteiger partial charge < -0.3 is 0 Å². The molecule has 0 amide bonds. The van der Waals surface area contributed by atoms with Crippen LogP contribution >= 0.6 is 11.8 Å². The molecule has 4 rings (SSSR count). The topological polar surface area (TPSA) is 55.7 Å². The minimum atomic E-state index is 0.0678. The van der Waals surface area contributed by atoms with Crippen LogP contribution in [-0.4, -0.2) is 26.7 Å². The van der Waals surface area contributed by atoms with E-state index in [1.165, 1.54) is 11.8 Å². The van der Waals surface area contributed by atoms with Crippen molar-refractivity contribution in [3.8, 4) is 22.5 Å². The normalized spacial score (nSPS) is 10.7. The second kappa shape index (κ2) is 9.01. The highest BCUT2D eigenvalue weighted by molar-refractivity contribution is 7.99. The third kappa shape index (κ3) is 4.47. The molecule has 0 aliphatic rings. The SMILES string of the molecule is Cc1ccc(C)c(C(=O)CSc2nnc(-c3ccccc3)c(-c3ccccc3)n2)c1. The largest absolute Gasteiger partial charge is 0.293 e. The number of hydrogen-bond donors (Lipinski definition) is 0. The molecule has 0 N–H and O–H groups in total. The highest BCUT2D eigenvalue weighted by atomic mass is 32.2. The van der Waals surface area contributed by atoms with E-state index in [9.17, 15) is 4.79 Å². The zero-order chi connectivity index (χ0) is 20.9. The summed E-state index contributed by atoms with van der Waals surface area (Å²) in [5, 5.41) is 9.25. The summed E-state index contributed by atoms with van der Waals surface area (Å²) >= 11 is 1.32. The number of hydrogen-bond acceptors (Lipinski definition) is 5. The Bertz CT molecular complexity index is 1180. The van der Waals surface area contributed by atoms with Gasteiger partial charge in [0.1, 0.15) is 11.4 Å². The van der Waals surface area contributed by atoms with Gasteiger partial charge in [0.05, 0.1) is 5.75 Å². The molecule has 0 spiro atoms. The summed E-state index contributed by atoms with van der Waals surface area (Å²) in [5.74, 6) is 0.337. The summed E-state index contributed by atoms with van der Waals surface area (Å²) in [6.45, 7) is 3.95. The fourth-order valence-electron chi connectivity index (χ4n) is 3.20. The molecule has 148 valence electrons. The summed E-state index contributed by atoms with van der Waals surface area (Å²) in [6.07, 6.45) is 0. The maximum atomic E-state index is 12.7. The molecule has 0 atom stereocenters. The van der Waals surface area contributed by atoms with E-state index < -0.39 is 0 Å². The fraction of sp³-hybridized carbons (Fsp3) is 0.120. The van der Waals surface area contributed by atoms with Crippen LogP contribution in [0.15, 0.2) is 84.0 Å². The van der Waals surface area contributed by atoms with Gasteiger partial charge in [-0.05, 0) is 25.5 Å². The van der Waals surface area contributed by atoms with Crippen LogP contribution in [0.1, 0.15) is 21.5 Å². The zero-order valence-electron chi connectivity index (χ0n) is 16.9. The smallest absolute Gasteiger partial charge is 0.210 e. The molecule has 4 nitrogen and oxygen atoms in total. The maximum absolute atomic E-state index is 12.7. The lowest BCUT2D eigenvalue weighted by Gasteiger charge is -2.10. The van der Waals surface area contributed by atoms with Crippen LogP contribution in [0.4, 0.5) is 0 Å². The maximum Gasteiger partial charge on any atom is 0.210 e. The highest BCUT2D eigenvalue weighted by Gasteiger charge is 2.16. The standard InChI is InChI=1S/C25H21N3OS/c1-17-13-14-18(2)21(15-17)22(29)16-30-25-26-23(19-9-5-3-6-10-19)24(27-28-25)20-11-7-4-8-12-20/h3-15H,16H2,1-2H3. The molecule has 0 aliphatic heterocycles. The van der Waals surface area contributed by atoms with Gasteiger partial charge in [0.25, 0.3) is 0 Å². The van der Waals surface area contributed by atoms with Crippen LogP contribution in [0.2, 0.25) is 0 Å². The fourth-order valence-corrected chi connectivity index (χ4v) is 3.87. The van der Waals surface area contributed by atoms with Gasteiger partial charge in [-0.25, -0.2) is 4.98 Å². The Labute approximate surface area is 180 Å². The predicted molar refractivity (Wildman–Crippen MR) is 122 cm³/mol. The lowest BCUT2D eigenvalue weighted by molar-refractivity contribution is 0.102. The van der Waals surface area contributed by atoms with Gasteiger partial charge in [0.15, 0.2) is 5.78 Å². The van der Waals surface area contributed by atoms with Crippen LogP contribution < -0.4 is 0 Å². The molecule has 0 bridgehead atoms. The molecule has 0 saturated heterocycles. The van der Waals surface area contributed by atoms with Crippen LogP contribution in [0.5, 0.6) is 0 Å². The first-order valence-electron chi connectivity index (χ1n) is 9.70. The molecule has 0 unspecified atom stereocenters. The first kappa shape index (κ1) is 20.0. The van der Waals surface area contributed by atoms with Crippen molar-refractivity contribution in [2.24, 2.45) is 0 Å². The van der Waals surface area contributed by atoms with Gasteiger partial charge in [-0.3, -0.25) is 4.79 Å². The Morgan fingerprint density at radius 3 is 2.10 bits per heavy atom. The average molecular weight is 412 g/mol. The third-order valence-electron chi connectivity index (χ3n) is 4.79. The number of carbonyl (C=O) groups excluding carboxylic acids is 1. The Morgan fingerprint density at radius 2 is 1.43 bits per heavy atom. The van der Waals surface area contributed by atoms with Gasteiger partial charge in [-0.15, -0.1) is 10.2 Å². The number of ketones is 1. The molecule has 30 heavy (non-hydrogen) atoms. The summed E-state index contributed by atoms with van der Waals surface area (Å²) < 4.78 is 0. The lowest BCUT2D eigenvalue weighted by atomic mass is 10.0. The van der Waals surface area contributed by atoms with Crippen molar-refractivity contribution in [1.29, 1.82) is 0 Å². The first-order chi connectivity index (χ1) is 14.6. The van der Waals surface area contributed by atoms with Gasteiger partial charge >= 0.3 is 0 Å². The molecule has 1 aromatic heterocycles. The number of Topliss-reactive ketones (excluding diaryl/α,β-unsaturated/α-hetero) is 1. The minimum Gasteiger partial charge on any atom is -0.293 e. The van der Waals surface area contributed by atoms with Crippen molar-refractivity contribution in [1.82, 2.24) is 15.2 Å². The van der Waals surface area contributed by atoms with E-state index in [0.717, 1.165) is 39.2 Å². The number of thioether (sulfide) groups is 1. The Hall–Kier alpha value is -3.31. The summed E-state index contributed by atoms with van der Waals surface area (Å²) in [7, 11) is 0. The number of benzene rings is 3. The quantitative estimate of drug-likeness (QED) is 0.297. The van der Waals surface area contributed by atoms with E-state index in [2.05, 4.69) is 10.2 Å². The predicted octanol–water partition coefficient (Wildman–Crippen LogP) is 5.80. The van der Waals surface area contributed by atoms with E-state index in [1.807, 2.05) is 92.7 Å². The third-order valence-corrected chi connectivity index (χ3v) is 5.63. The van der Waals surface area contributed by atoms with Crippen molar-refractivity contribution in [2.75, 3.05) is 5.75 Å². The van der Waals surface area contributed by atoms with E-state index in [-0.39, 0.29) is 11.5 Å². The van der Waals surface area contributed by atoms with Gasteiger partial charge in [-0.1, -0.05) is 90.1 Å². The second-order valence-corrected chi connectivity index (χ2v) is 8.00. The summed E-state index contributed by atoms with van der Waals surface area (Å²) in [5.41, 5.74) is 6.22. The van der Waals surface area contributed by atoms with Crippen LogP contribution in [-0.2, 0) is 0 Å². The van der Waals surface area contributed by atoms with Crippen molar-refractivity contribution >= 4 is 17.5 Å². The Morgan fingerprint density at radius 1 is 0.800 bits per heavy atom. The molecule has 4 aromatic rings. The van der Waals surface area contributed by atoms with Crippen LogP contribution in [0, 0.1) is 13.8 Å². The highest BCUT2D eigenvalue weighted by Crippen LogP contribution is 2.29. The molecule has 1 heterocycles. The van der Waals surface area contributed by atoms with Crippen molar-refractivity contribution in [3.05, 3.63) is 95.6 Å². The molecule has 3 aromatic carbocycles. The molecule has 0 fully saturated rings. The van der Waals surface area contributed by atoms with Crippen molar-refractivity contribution in [2.45, 2.75) is 19.0 Å². The zero-order valence-corrected chi connectivity index (χ0v) is 17.7. The average Bonchev–Trinajstić information content (AvgIpc) is 2.80. The molecule has 0 radical (unpaired) electrons. The Balaban J connectivity index is 1.63. The van der Waals surface area contributed by atoms with Crippen molar-refractivity contribution in [3.63, 3.8) is 0 Å². The molecule has 0 saturated carbocycles. The number of nitrogens with zero attached hydrogens (tertiary/aromatic N) is 3. The molecular weight excluding hydrogens is 390 g/mol. The van der Waals surface area contributed by atoms with E-state index in [4.69, 9.17) is 4.98 Å². The number of aromatic nitrogens is 3. The molecule has 5 heteroatoms. The van der Waals surface area contributed by atoms with E-state index in [1.54, 1.807) is 0 Å².